The minimum Gasteiger partial charge on any atom is -0.495 e. The van der Waals surface area contributed by atoms with Crippen molar-refractivity contribution in [3.8, 4) is 5.75 Å². The number of benzene rings is 1. The standard InChI is InChI=1S/C12H12F3NO4/c1-20-9-6-7(3-5-10(17)18)2-4-8(9)16-11(19)12(13,14)15/h2,4,6H,3,5H2,1H3,(H,16,19)(H,17,18). The molecule has 0 aliphatic rings. The summed E-state index contributed by atoms with van der Waals surface area (Å²) in [4.78, 5) is 21.3. The van der Waals surface area contributed by atoms with Crippen LogP contribution in [0.15, 0.2) is 18.2 Å². The van der Waals surface area contributed by atoms with Gasteiger partial charge in [-0.1, -0.05) is 6.07 Å². The zero-order valence-electron chi connectivity index (χ0n) is 10.5. The van der Waals surface area contributed by atoms with E-state index in [9.17, 15) is 22.8 Å². The average molecular weight is 291 g/mol. The zero-order chi connectivity index (χ0) is 15.3. The molecule has 0 saturated carbocycles. The maximum atomic E-state index is 12.1. The molecule has 1 amide bonds. The van der Waals surface area contributed by atoms with Crippen LogP contribution in [0.2, 0.25) is 0 Å². The Morgan fingerprint density at radius 1 is 1.35 bits per heavy atom. The Hall–Kier alpha value is -2.25. The number of hydrogen-bond acceptors (Lipinski definition) is 3. The molecule has 5 nitrogen and oxygen atoms in total. The maximum Gasteiger partial charge on any atom is 0.471 e. The van der Waals surface area contributed by atoms with Crippen molar-refractivity contribution in [1.29, 1.82) is 0 Å². The minimum atomic E-state index is -4.99. The number of rotatable bonds is 5. The van der Waals surface area contributed by atoms with Crippen LogP contribution in [-0.2, 0) is 16.0 Å². The molecule has 0 aliphatic heterocycles. The van der Waals surface area contributed by atoms with E-state index in [-0.39, 0.29) is 24.3 Å². The smallest absolute Gasteiger partial charge is 0.471 e. The fraction of sp³-hybridized carbons (Fsp3) is 0.333. The van der Waals surface area contributed by atoms with Gasteiger partial charge in [-0.25, -0.2) is 0 Å². The number of anilines is 1. The highest BCUT2D eigenvalue weighted by Gasteiger charge is 2.39. The quantitative estimate of drug-likeness (QED) is 0.872. The molecule has 0 unspecified atom stereocenters. The zero-order valence-corrected chi connectivity index (χ0v) is 10.5. The van der Waals surface area contributed by atoms with Gasteiger partial charge in [0.25, 0.3) is 0 Å². The molecule has 0 aromatic heterocycles. The summed E-state index contributed by atoms with van der Waals surface area (Å²) in [7, 11) is 1.24. The SMILES string of the molecule is COc1cc(CCC(=O)O)ccc1NC(=O)C(F)(F)F. The first-order valence-electron chi connectivity index (χ1n) is 5.51. The molecule has 8 heteroatoms. The van der Waals surface area contributed by atoms with Crippen molar-refractivity contribution in [2.24, 2.45) is 0 Å². The molecule has 0 radical (unpaired) electrons. The number of nitrogens with one attached hydrogen (secondary N) is 1. The van der Waals surface area contributed by atoms with Gasteiger partial charge in [0.1, 0.15) is 5.75 Å². The second-order valence-corrected chi connectivity index (χ2v) is 3.88. The van der Waals surface area contributed by atoms with Crippen LogP contribution in [0.3, 0.4) is 0 Å². The normalized spacial score (nSPS) is 11.0. The number of hydrogen-bond donors (Lipinski definition) is 2. The van der Waals surface area contributed by atoms with E-state index in [4.69, 9.17) is 9.84 Å². The Kier molecular flexibility index (Phi) is 4.95. The number of aryl methyl sites for hydroxylation is 1. The van der Waals surface area contributed by atoms with Crippen LogP contribution >= 0.6 is 0 Å². The summed E-state index contributed by atoms with van der Waals surface area (Å²) >= 11 is 0. The van der Waals surface area contributed by atoms with E-state index >= 15 is 0 Å². The number of aliphatic carboxylic acids is 1. The van der Waals surface area contributed by atoms with E-state index in [1.165, 1.54) is 25.3 Å². The van der Waals surface area contributed by atoms with E-state index in [0.717, 1.165) is 0 Å². The summed E-state index contributed by atoms with van der Waals surface area (Å²) in [5, 5.41) is 10.2. The van der Waals surface area contributed by atoms with Gasteiger partial charge in [0.05, 0.1) is 12.8 Å². The van der Waals surface area contributed by atoms with Gasteiger partial charge < -0.3 is 15.2 Å². The lowest BCUT2D eigenvalue weighted by Gasteiger charge is -2.12. The molecule has 0 spiro atoms. The largest absolute Gasteiger partial charge is 0.495 e. The Labute approximate surface area is 112 Å². The van der Waals surface area contributed by atoms with E-state index in [1.807, 2.05) is 0 Å². The molecule has 0 bridgehead atoms. The number of carboxylic acid groups (broad SMARTS) is 1. The Balaban J connectivity index is 2.88. The van der Waals surface area contributed by atoms with Crippen LogP contribution in [0.4, 0.5) is 18.9 Å². The number of carbonyl (C=O) groups excluding carboxylic acids is 1. The van der Waals surface area contributed by atoms with Gasteiger partial charge in [-0.2, -0.15) is 13.2 Å². The van der Waals surface area contributed by atoms with Crippen LogP contribution in [-0.4, -0.2) is 30.3 Å². The first-order chi connectivity index (χ1) is 9.24. The Morgan fingerprint density at radius 3 is 2.50 bits per heavy atom. The molecule has 110 valence electrons. The third-order valence-electron chi connectivity index (χ3n) is 2.40. The summed E-state index contributed by atoms with van der Waals surface area (Å²) in [6.45, 7) is 0. The second-order valence-electron chi connectivity index (χ2n) is 3.88. The number of amides is 1. The minimum absolute atomic E-state index is 0.0329. The van der Waals surface area contributed by atoms with Gasteiger partial charge >= 0.3 is 18.1 Å². The molecular formula is C12H12F3NO4. The van der Waals surface area contributed by atoms with Crippen LogP contribution in [0.1, 0.15) is 12.0 Å². The monoisotopic (exact) mass is 291 g/mol. The number of carboxylic acids is 1. The lowest BCUT2D eigenvalue weighted by molar-refractivity contribution is -0.167. The molecule has 0 fully saturated rings. The Morgan fingerprint density at radius 2 is 2.00 bits per heavy atom. The topological polar surface area (TPSA) is 75.6 Å². The van der Waals surface area contributed by atoms with Crippen molar-refractivity contribution in [3.63, 3.8) is 0 Å². The molecule has 1 rings (SSSR count). The van der Waals surface area contributed by atoms with Crippen molar-refractivity contribution >= 4 is 17.6 Å². The highest BCUT2D eigenvalue weighted by molar-refractivity contribution is 5.96. The third-order valence-corrected chi connectivity index (χ3v) is 2.40. The molecule has 0 aliphatic carbocycles. The fourth-order valence-electron chi connectivity index (χ4n) is 1.44. The fourth-order valence-corrected chi connectivity index (χ4v) is 1.44. The highest BCUT2D eigenvalue weighted by atomic mass is 19.4. The van der Waals surface area contributed by atoms with E-state index in [0.29, 0.717) is 5.56 Å². The lowest BCUT2D eigenvalue weighted by Crippen LogP contribution is -2.30. The summed E-state index contributed by atoms with van der Waals surface area (Å²) < 4.78 is 41.3. The highest BCUT2D eigenvalue weighted by Crippen LogP contribution is 2.28. The number of methoxy groups -OCH3 is 1. The van der Waals surface area contributed by atoms with Crippen molar-refractivity contribution in [1.82, 2.24) is 0 Å². The first-order valence-corrected chi connectivity index (χ1v) is 5.51. The molecular weight excluding hydrogens is 279 g/mol. The number of ether oxygens (including phenoxy) is 1. The predicted molar refractivity (Wildman–Crippen MR) is 63.6 cm³/mol. The number of alkyl halides is 3. The van der Waals surface area contributed by atoms with Gasteiger partial charge in [0.2, 0.25) is 0 Å². The maximum absolute atomic E-state index is 12.1. The van der Waals surface area contributed by atoms with Gasteiger partial charge in [-0.15, -0.1) is 0 Å². The van der Waals surface area contributed by atoms with Gasteiger partial charge in [0, 0.05) is 6.42 Å². The summed E-state index contributed by atoms with van der Waals surface area (Å²) in [6, 6.07) is 4.05. The summed E-state index contributed by atoms with van der Waals surface area (Å²) in [5.74, 6) is -3.06. The first kappa shape index (κ1) is 15.8. The third kappa shape index (κ3) is 4.45. The molecule has 1 aromatic rings. The van der Waals surface area contributed by atoms with Crippen molar-refractivity contribution in [3.05, 3.63) is 23.8 Å². The number of carbonyl (C=O) groups is 2. The summed E-state index contributed by atoms with van der Waals surface area (Å²) in [5.41, 5.74) is 0.447. The van der Waals surface area contributed by atoms with Crippen molar-refractivity contribution in [2.75, 3.05) is 12.4 Å². The molecule has 0 heterocycles. The van der Waals surface area contributed by atoms with Crippen LogP contribution in [0, 0.1) is 0 Å². The van der Waals surface area contributed by atoms with Crippen molar-refractivity contribution < 1.29 is 32.6 Å². The van der Waals surface area contributed by atoms with Gasteiger partial charge in [-0.3, -0.25) is 9.59 Å². The van der Waals surface area contributed by atoms with Crippen LogP contribution < -0.4 is 10.1 Å². The summed E-state index contributed by atoms with van der Waals surface area (Å²) in [6.07, 6.45) is -4.90. The second kappa shape index (κ2) is 6.27. The number of halogens is 3. The Bertz CT molecular complexity index is 514. The van der Waals surface area contributed by atoms with E-state index < -0.39 is 18.1 Å². The lowest BCUT2D eigenvalue weighted by atomic mass is 10.1. The average Bonchev–Trinajstić information content (AvgIpc) is 2.36. The van der Waals surface area contributed by atoms with Crippen molar-refractivity contribution in [2.45, 2.75) is 19.0 Å². The molecule has 2 N–H and O–H groups in total. The molecule has 0 atom stereocenters. The van der Waals surface area contributed by atoms with Gasteiger partial charge in [-0.05, 0) is 24.1 Å². The molecule has 1 aromatic carbocycles. The van der Waals surface area contributed by atoms with E-state index in [1.54, 1.807) is 5.32 Å². The van der Waals surface area contributed by atoms with Crippen LogP contribution in [0.5, 0.6) is 5.75 Å². The van der Waals surface area contributed by atoms with Gasteiger partial charge in [0.15, 0.2) is 0 Å². The van der Waals surface area contributed by atoms with Crippen LogP contribution in [0.25, 0.3) is 0 Å². The van der Waals surface area contributed by atoms with E-state index in [2.05, 4.69) is 0 Å². The predicted octanol–water partition coefficient (Wildman–Crippen LogP) is 2.21. The molecule has 20 heavy (non-hydrogen) atoms. The molecule has 0 saturated heterocycles.